The predicted octanol–water partition coefficient (Wildman–Crippen LogP) is 8.19. The molecule has 202 valence electrons. The third kappa shape index (κ3) is 3.46. The van der Waals surface area contributed by atoms with Crippen LogP contribution in [0.15, 0.2) is 49.1 Å². The molecule has 0 aromatic heterocycles. The van der Waals surface area contributed by atoms with Crippen molar-refractivity contribution >= 4 is 23.0 Å². The Morgan fingerprint density at radius 2 is 1.10 bits per heavy atom. The highest BCUT2D eigenvalue weighted by molar-refractivity contribution is 5.98. The third-order valence-electron chi connectivity index (χ3n) is 9.27. The second kappa shape index (κ2) is 8.24. The Hall–Kier alpha value is -3.53. The Morgan fingerprint density at radius 1 is 0.718 bits per heavy atom. The average Bonchev–Trinajstić information content (AvgIpc) is 2.87. The molecule has 3 aromatic rings. The van der Waals surface area contributed by atoms with Gasteiger partial charge in [0.15, 0.2) is 0 Å². The van der Waals surface area contributed by atoms with Crippen LogP contribution in [0.1, 0.15) is 92.5 Å². The van der Waals surface area contributed by atoms with Gasteiger partial charge in [0.2, 0.25) is 0 Å². The Morgan fingerprint density at radius 3 is 1.49 bits per heavy atom. The van der Waals surface area contributed by atoms with Crippen molar-refractivity contribution in [2.24, 2.45) is 0 Å². The van der Waals surface area contributed by atoms with Gasteiger partial charge in [0.05, 0.1) is 30.3 Å². The van der Waals surface area contributed by atoms with E-state index >= 15 is 0 Å². The van der Waals surface area contributed by atoms with Crippen molar-refractivity contribution in [1.82, 2.24) is 0 Å². The number of benzene rings is 3. The van der Waals surface area contributed by atoms with E-state index in [1.165, 1.54) is 67.6 Å². The van der Waals surface area contributed by atoms with E-state index in [0.717, 1.165) is 5.75 Å². The van der Waals surface area contributed by atoms with Gasteiger partial charge < -0.3 is 14.4 Å². The van der Waals surface area contributed by atoms with E-state index in [2.05, 4.69) is 103 Å². The summed E-state index contributed by atoms with van der Waals surface area (Å²) >= 11 is 0. The Labute approximate surface area is 232 Å². The van der Waals surface area contributed by atoms with E-state index in [-0.39, 0.29) is 16.2 Å². The molecule has 6 rings (SSSR count). The van der Waals surface area contributed by atoms with Gasteiger partial charge in [-0.3, -0.25) is 0 Å². The number of hydrogen-bond donors (Lipinski definition) is 0. The molecule has 39 heavy (non-hydrogen) atoms. The number of ether oxygens (including phenoxy) is 2. The SMILES string of the molecule is C=CC(=O)OCCCOc1cc2c3c(c1)C(C)(C)c1cc(C)cc4c1N3c1c(cc(C)cc1C2(C)C)C4(C)C. The zero-order chi connectivity index (χ0) is 28.1. The van der Waals surface area contributed by atoms with Crippen LogP contribution in [-0.2, 0) is 25.8 Å². The van der Waals surface area contributed by atoms with Crippen LogP contribution in [0.25, 0.3) is 0 Å². The lowest BCUT2D eigenvalue weighted by molar-refractivity contribution is -0.137. The number of nitrogens with zero attached hydrogens (tertiary/aromatic N) is 1. The van der Waals surface area contributed by atoms with Crippen LogP contribution in [0.4, 0.5) is 17.1 Å². The second-order valence-electron chi connectivity index (χ2n) is 13.1. The maximum Gasteiger partial charge on any atom is 0.330 e. The smallest absolute Gasteiger partial charge is 0.330 e. The molecule has 0 atom stereocenters. The van der Waals surface area contributed by atoms with Gasteiger partial charge in [-0.2, -0.15) is 0 Å². The summed E-state index contributed by atoms with van der Waals surface area (Å²) in [7, 11) is 0. The van der Waals surface area contributed by atoms with Gasteiger partial charge in [-0.05, 0) is 59.4 Å². The van der Waals surface area contributed by atoms with E-state index in [0.29, 0.717) is 19.6 Å². The van der Waals surface area contributed by atoms with Crippen molar-refractivity contribution in [2.45, 2.75) is 78.1 Å². The van der Waals surface area contributed by atoms with Gasteiger partial charge in [0.25, 0.3) is 0 Å². The van der Waals surface area contributed by atoms with Gasteiger partial charge in [-0.15, -0.1) is 0 Å². The molecule has 3 heterocycles. The summed E-state index contributed by atoms with van der Waals surface area (Å²) in [6.07, 6.45) is 1.81. The minimum atomic E-state index is -0.400. The molecule has 0 N–H and O–H groups in total. The van der Waals surface area contributed by atoms with Crippen LogP contribution in [0.2, 0.25) is 0 Å². The molecule has 3 aliphatic rings. The maximum absolute atomic E-state index is 11.4. The van der Waals surface area contributed by atoms with E-state index in [1.54, 1.807) is 0 Å². The number of anilines is 3. The normalized spacial score (nSPS) is 17.8. The lowest BCUT2D eigenvalue weighted by Gasteiger charge is -2.55. The first-order valence-electron chi connectivity index (χ1n) is 14.0. The molecule has 0 saturated heterocycles. The van der Waals surface area contributed by atoms with Gasteiger partial charge in [0.1, 0.15) is 5.75 Å². The number of rotatable bonds is 6. The van der Waals surface area contributed by atoms with Crippen molar-refractivity contribution in [3.63, 3.8) is 0 Å². The largest absolute Gasteiger partial charge is 0.493 e. The van der Waals surface area contributed by atoms with Crippen LogP contribution in [0.5, 0.6) is 5.75 Å². The van der Waals surface area contributed by atoms with Gasteiger partial charge in [-0.1, -0.05) is 83.5 Å². The summed E-state index contributed by atoms with van der Waals surface area (Å²) in [6.45, 7) is 22.9. The molecular formula is C35H39NO3. The Bertz CT molecular complexity index is 1480. The minimum Gasteiger partial charge on any atom is -0.493 e. The molecular weight excluding hydrogens is 482 g/mol. The van der Waals surface area contributed by atoms with Gasteiger partial charge in [0, 0.05) is 28.7 Å². The topological polar surface area (TPSA) is 38.8 Å². The van der Waals surface area contributed by atoms with Crippen molar-refractivity contribution in [1.29, 1.82) is 0 Å². The summed E-state index contributed by atoms with van der Waals surface area (Å²) < 4.78 is 11.5. The standard InChI is InChI=1S/C35H39NO3/c1-10-29(37)39-13-11-12-38-22-18-27-32-28(19-22)35(8,9)26-17-21(3)15-24-31(26)36(32)30-23(33(24,4)5)14-20(2)16-25(30)34(27,6)7/h10,14-19H,1,11-13H2,2-9H3. The molecule has 0 unspecified atom stereocenters. The zero-order valence-corrected chi connectivity index (χ0v) is 24.5. The first-order valence-corrected chi connectivity index (χ1v) is 14.0. The molecule has 0 saturated carbocycles. The van der Waals surface area contributed by atoms with Crippen molar-refractivity contribution in [3.8, 4) is 5.75 Å². The maximum atomic E-state index is 11.4. The molecule has 3 aliphatic heterocycles. The Kier molecular flexibility index (Phi) is 5.43. The molecule has 0 amide bonds. The number of hydrogen-bond acceptors (Lipinski definition) is 4. The van der Waals surface area contributed by atoms with Gasteiger partial charge >= 0.3 is 5.97 Å². The molecule has 0 fully saturated rings. The van der Waals surface area contributed by atoms with Crippen LogP contribution in [-0.4, -0.2) is 19.2 Å². The van der Waals surface area contributed by atoms with E-state index in [1.807, 2.05) is 0 Å². The highest BCUT2D eigenvalue weighted by Gasteiger charge is 2.52. The van der Waals surface area contributed by atoms with Crippen LogP contribution in [0, 0.1) is 13.8 Å². The first-order chi connectivity index (χ1) is 18.3. The van der Waals surface area contributed by atoms with E-state index in [4.69, 9.17) is 9.47 Å². The molecule has 4 nitrogen and oxygen atoms in total. The fourth-order valence-electron chi connectivity index (χ4n) is 7.08. The van der Waals surface area contributed by atoms with Crippen LogP contribution < -0.4 is 9.64 Å². The molecule has 0 aliphatic carbocycles. The monoisotopic (exact) mass is 521 g/mol. The van der Waals surface area contributed by atoms with E-state index < -0.39 is 5.97 Å². The molecule has 4 heteroatoms. The van der Waals surface area contributed by atoms with Crippen LogP contribution in [0.3, 0.4) is 0 Å². The number of aryl methyl sites for hydroxylation is 2. The van der Waals surface area contributed by atoms with Crippen molar-refractivity contribution in [3.05, 3.63) is 93.6 Å². The number of carbonyl (C=O) groups excluding carboxylic acids is 1. The highest BCUT2D eigenvalue weighted by Crippen LogP contribution is 2.66. The van der Waals surface area contributed by atoms with Crippen LogP contribution >= 0.6 is 0 Å². The number of carbonyl (C=O) groups is 1. The lowest BCUT2D eigenvalue weighted by atomic mass is 9.60. The van der Waals surface area contributed by atoms with E-state index in [9.17, 15) is 4.79 Å². The summed E-state index contributed by atoms with van der Waals surface area (Å²) in [5.41, 5.74) is 14.2. The minimum absolute atomic E-state index is 0.109. The lowest BCUT2D eigenvalue weighted by Crippen LogP contribution is -2.43. The zero-order valence-electron chi connectivity index (χ0n) is 24.5. The third-order valence-corrected chi connectivity index (χ3v) is 9.27. The van der Waals surface area contributed by atoms with Gasteiger partial charge in [-0.25, -0.2) is 4.79 Å². The molecule has 3 aromatic carbocycles. The summed E-state index contributed by atoms with van der Waals surface area (Å²) in [4.78, 5) is 14.0. The predicted molar refractivity (Wildman–Crippen MR) is 158 cm³/mol. The fraction of sp³-hybridized carbons (Fsp3) is 0.400. The summed E-state index contributed by atoms with van der Waals surface area (Å²) in [6, 6.07) is 14.1. The summed E-state index contributed by atoms with van der Waals surface area (Å²) in [5, 5.41) is 0. The quantitative estimate of drug-likeness (QED) is 0.186. The highest BCUT2D eigenvalue weighted by atomic mass is 16.5. The van der Waals surface area contributed by atoms with Crippen molar-refractivity contribution < 1.29 is 14.3 Å². The fourth-order valence-corrected chi connectivity index (χ4v) is 7.08. The Balaban J connectivity index is 1.57. The summed E-state index contributed by atoms with van der Waals surface area (Å²) in [5.74, 6) is 0.466. The molecule has 0 radical (unpaired) electrons. The first kappa shape index (κ1) is 25.7. The average molecular weight is 522 g/mol. The molecule has 0 bridgehead atoms. The molecule has 0 spiro atoms. The second-order valence-corrected chi connectivity index (χ2v) is 13.1. The number of esters is 1. The van der Waals surface area contributed by atoms with Crippen molar-refractivity contribution in [2.75, 3.05) is 18.1 Å².